The maximum Gasteiger partial charge on any atom is 0.196 e. The summed E-state index contributed by atoms with van der Waals surface area (Å²) in [6.45, 7) is 6.86. The molecular weight excluding hydrogens is 159 g/mol. The molecule has 62 valence electrons. The Balaban J connectivity index is 3.96. The number of hydrogen-bond donors (Lipinski definition) is 0. The summed E-state index contributed by atoms with van der Waals surface area (Å²) in [5.74, 6) is 2.40. The fraction of sp³-hybridized carbons (Fsp3) is 0.500. The average Bonchev–Trinajstić information content (AvgIpc) is 1.87. The lowest BCUT2D eigenvalue weighted by molar-refractivity contribution is 0.187. The van der Waals surface area contributed by atoms with Crippen LogP contribution in [0.4, 0.5) is 0 Å². The highest BCUT2D eigenvalue weighted by Crippen LogP contribution is 2.29. The van der Waals surface area contributed by atoms with Gasteiger partial charge in [0, 0.05) is 6.16 Å². The minimum absolute atomic E-state index is 0.385. The zero-order chi connectivity index (χ0) is 8.91. The van der Waals surface area contributed by atoms with Gasteiger partial charge in [-0.15, -0.1) is 13.0 Å². The van der Waals surface area contributed by atoms with Gasteiger partial charge in [-0.2, -0.15) is 0 Å². The third kappa shape index (κ3) is 4.84. The summed E-state index contributed by atoms with van der Waals surface area (Å²) in [6.07, 6.45) is 7.08. The highest BCUT2D eigenvalue weighted by molar-refractivity contribution is 7.39. The SMILES string of the molecule is C#CC(C)(C)O[PH](=O)CC=C. The van der Waals surface area contributed by atoms with Gasteiger partial charge >= 0.3 is 0 Å². The Kier molecular flexibility index (Phi) is 4.18. The van der Waals surface area contributed by atoms with Gasteiger partial charge < -0.3 is 4.52 Å². The summed E-state index contributed by atoms with van der Waals surface area (Å²) in [7, 11) is -2.02. The molecule has 0 aliphatic heterocycles. The van der Waals surface area contributed by atoms with E-state index in [1.54, 1.807) is 19.9 Å². The Morgan fingerprint density at radius 3 is 2.73 bits per heavy atom. The number of terminal acetylenes is 1. The van der Waals surface area contributed by atoms with Crippen molar-refractivity contribution in [1.82, 2.24) is 0 Å². The quantitative estimate of drug-likeness (QED) is 0.368. The van der Waals surface area contributed by atoms with E-state index in [9.17, 15) is 4.57 Å². The third-order valence-electron chi connectivity index (χ3n) is 1.03. The van der Waals surface area contributed by atoms with Crippen molar-refractivity contribution in [2.24, 2.45) is 0 Å². The summed E-state index contributed by atoms with van der Waals surface area (Å²) < 4.78 is 16.1. The molecule has 0 spiro atoms. The van der Waals surface area contributed by atoms with Gasteiger partial charge in [-0.1, -0.05) is 12.0 Å². The lowest BCUT2D eigenvalue weighted by atomic mass is 10.2. The predicted octanol–water partition coefficient (Wildman–Crippen LogP) is 2.08. The van der Waals surface area contributed by atoms with Crippen molar-refractivity contribution < 1.29 is 9.09 Å². The summed E-state index contributed by atoms with van der Waals surface area (Å²) in [5, 5.41) is 0. The highest BCUT2D eigenvalue weighted by Gasteiger charge is 2.16. The molecule has 0 radical (unpaired) electrons. The van der Waals surface area contributed by atoms with Crippen LogP contribution in [0.2, 0.25) is 0 Å². The normalized spacial score (nSPS) is 13.5. The van der Waals surface area contributed by atoms with E-state index >= 15 is 0 Å². The lowest BCUT2D eigenvalue weighted by Gasteiger charge is -2.16. The van der Waals surface area contributed by atoms with E-state index in [0.29, 0.717) is 6.16 Å². The molecule has 0 aromatic carbocycles. The Hall–Kier alpha value is -0.510. The molecular formula is C8H13O2P. The van der Waals surface area contributed by atoms with Crippen LogP contribution in [0.25, 0.3) is 0 Å². The van der Waals surface area contributed by atoms with Gasteiger partial charge in [0.25, 0.3) is 0 Å². The fourth-order valence-corrected chi connectivity index (χ4v) is 1.42. The van der Waals surface area contributed by atoms with Gasteiger partial charge in [0.1, 0.15) is 5.60 Å². The number of hydrogen-bond acceptors (Lipinski definition) is 2. The first kappa shape index (κ1) is 10.5. The zero-order valence-electron chi connectivity index (χ0n) is 6.89. The molecule has 0 fully saturated rings. The second kappa shape index (κ2) is 4.38. The number of allylic oxidation sites excluding steroid dienone is 1. The van der Waals surface area contributed by atoms with E-state index < -0.39 is 13.6 Å². The van der Waals surface area contributed by atoms with Gasteiger partial charge in [0.15, 0.2) is 8.03 Å². The van der Waals surface area contributed by atoms with Crippen molar-refractivity contribution >= 4 is 8.03 Å². The van der Waals surface area contributed by atoms with Crippen molar-refractivity contribution in [1.29, 1.82) is 0 Å². The van der Waals surface area contributed by atoms with Gasteiger partial charge in [-0.05, 0) is 13.8 Å². The molecule has 11 heavy (non-hydrogen) atoms. The molecule has 0 aliphatic carbocycles. The summed E-state index contributed by atoms with van der Waals surface area (Å²) in [6, 6.07) is 0. The molecule has 0 amide bonds. The second-order valence-electron chi connectivity index (χ2n) is 2.62. The lowest BCUT2D eigenvalue weighted by Crippen LogP contribution is -2.17. The molecule has 0 aromatic rings. The van der Waals surface area contributed by atoms with E-state index in [0.717, 1.165) is 0 Å². The summed E-state index contributed by atoms with van der Waals surface area (Å²) in [4.78, 5) is 0. The monoisotopic (exact) mass is 172 g/mol. The van der Waals surface area contributed by atoms with Crippen LogP contribution in [0, 0.1) is 12.3 Å². The van der Waals surface area contributed by atoms with Crippen LogP contribution in [-0.4, -0.2) is 11.8 Å². The van der Waals surface area contributed by atoms with Crippen LogP contribution in [0.3, 0.4) is 0 Å². The maximum atomic E-state index is 11.0. The van der Waals surface area contributed by atoms with Crippen LogP contribution in [0.5, 0.6) is 0 Å². The van der Waals surface area contributed by atoms with Gasteiger partial charge in [-0.3, -0.25) is 4.57 Å². The first-order valence-corrected chi connectivity index (χ1v) is 4.84. The van der Waals surface area contributed by atoms with Gasteiger partial charge in [0.05, 0.1) is 0 Å². The third-order valence-corrected chi connectivity index (χ3v) is 2.39. The van der Waals surface area contributed by atoms with Crippen LogP contribution < -0.4 is 0 Å². The van der Waals surface area contributed by atoms with E-state index in [2.05, 4.69) is 12.5 Å². The van der Waals surface area contributed by atoms with Crippen molar-refractivity contribution in [3.8, 4) is 12.3 Å². The molecule has 1 unspecified atom stereocenters. The second-order valence-corrected chi connectivity index (χ2v) is 3.98. The Morgan fingerprint density at radius 2 is 2.36 bits per heavy atom. The maximum absolute atomic E-state index is 11.0. The molecule has 0 N–H and O–H groups in total. The minimum Gasteiger partial charge on any atom is -0.311 e. The van der Waals surface area contributed by atoms with E-state index in [-0.39, 0.29) is 0 Å². The molecule has 0 aliphatic rings. The topological polar surface area (TPSA) is 26.3 Å². The molecule has 0 rings (SSSR count). The number of rotatable bonds is 4. The largest absolute Gasteiger partial charge is 0.311 e. The Bertz CT molecular complexity index is 201. The summed E-state index contributed by atoms with van der Waals surface area (Å²) in [5.41, 5.74) is -0.723. The molecule has 0 saturated heterocycles. The van der Waals surface area contributed by atoms with E-state index in [1.807, 2.05) is 0 Å². The fourth-order valence-electron chi connectivity index (χ4n) is 0.474. The van der Waals surface area contributed by atoms with Crippen LogP contribution in [0.15, 0.2) is 12.7 Å². The molecule has 0 bridgehead atoms. The van der Waals surface area contributed by atoms with Crippen molar-refractivity contribution in [3.63, 3.8) is 0 Å². The van der Waals surface area contributed by atoms with E-state index in [1.165, 1.54) is 0 Å². The zero-order valence-corrected chi connectivity index (χ0v) is 7.89. The molecule has 1 atom stereocenters. The van der Waals surface area contributed by atoms with Crippen LogP contribution >= 0.6 is 8.03 Å². The Labute approximate surface area is 68.5 Å². The minimum atomic E-state index is -2.02. The predicted molar refractivity (Wildman–Crippen MR) is 48.1 cm³/mol. The van der Waals surface area contributed by atoms with Gasteiger partial charge in [0.2, 0.25) is 0 Å². The van der Waals surface area contributed by atoms with Crippen molar-refractivity contribution in [3.05, 3.63) is 12.7 Å². The molecule has 0 saturated carbocycles. The Morgan fingerprint density at radius 1 is 1.82 bits per heavy atom. The summed E-state index contributed by atoms with van der Waals surface area (Å²) >= 11 is 0. The first-order valence-electron chi connectivity index (χ1n) is 3.32. The van der Waals surface area contributed by atoms with Crippen LogP contribution in [-0.2, 0) is 9.09 Å². The molecule has 2 nitrogen and oxygen atoms in total. The molecule has 3 heteroatoms. The van der Waals surface area contributed by atoms with Crippen molar-refractivity contribution in [2.45, 2.75) is 19.4 Å². The van der Waals surface area contributed by atoms with Crippen molar-refractivity contribution in [2.75, 3.05) is 6.16 Å². The standard InChI is InChI=1S/C8H13O2P/c1-5-7-11(9)10-8(3,4)6-2/h2,5,11H,1,7H2,3-4H3. The molecule has 0 heterocycles. The highest BCUT2D eigenvalue weighted by atomic mass is 31.1. The van der Waals surface area contributed by atoms with E-state index in [4.69, 9.17) is 10.9 Å². The first-order chi connectivity index (χ1) is 5.02. The van der Waals surface area contributed by atoms with Crippen LogP contribution in [0.1, 0.15) is 13.8 Å². The van der Waals surface area contributed by atoms with Gasteiger partial charge in [-0.25, -0.2) is 0 Å². The smallest absolute Gasteiger partial charge is 0.196 e. The molecule has 0 aromatic heterocycles. The average molecular weight is 172 g/mol.